The number of allylic oxidation sites excluding steroid dienone is 1. The molecule has 0 radical (unpaired) electrons. The molecule has 0 aliphatic carbocycles. The fourth-order valence-corrected chi connectivity index (χ4v) is 3.23. The van der Waals surface area contributed by atoms with Crippen molar-refractivity contribution in [2.24, 2.45) is 0 Å². The van der Waals surface area contributed by atoms with Gasteiger partial charge in [-0.1, -0.05) is 0 Å². The van der Waals surface area contributed by atoms with Crippen LogP contribution in [0.3, 0.4) is 0 Å². The second-order valence-corrected chi connectivity index (χ2v) is 11.4. The monoisotopic (exact) mass is 130 g/mol. The van der Waals surface area contributed by atoms with Gasteiger partial charge in [-0.25, -0.2) is 0 Å². The molecule has 1 heterocycles. The van der Waals surface area contributed by atoms with E-state index in [0.717, 1.165) is 0 Å². The SMILES string of the molecule is CP1(C)(C)C=CCC1. The molecule has 0 nitrogen and oxygen atoms in total. The molecule has 1 rings (SSSR count). The van der Waals surface area contributed by atoms with Gasteiger partial charge in [0, 0.05) is 0 Å². The fraction of sp³-hybridized carbons (Fsp3) is 0.714. The van der Waals surface area contributed by atoms with E-state index in [4.69, 9.17) is 0 Å². The molecule has 0 aromatic rings. The first-order valence-electron chi connectivity index (χ1n) is 3.16. The molecule has 0 saturated carbocycles. The summed E-state index contributed by atoms with van der Waals surface area (Å²) in [4.78, 5) is 0. The zero-order chi connectivity index (χ0) is 6.28. The van der Waals surface area contributed by atoms with Gasteiger partial charge in [-0.2, -0.15) is 0 Å². The molecule has 0 fully saturated rings. The van der Waals surface area contributed by atoms with Crippen molar-refractivity contribution in [2.45, 2.75) is 6.42 Å². The van der Waals surface area contributed by atoms with Gasteiger partial charge in [-0.3, -0.25) is 0 Å². The quantitative estimate of drug-likeness (QED) is 0.441. The first-order chi connectivity index (χ1) is 3.47. The molecule has 0 unspecified atom stereocenters. The maximum absolute atomic E-state index is 2.45. The van der Waals surface area contributed by atoms with Crippen LogP contribution in [-0.2, 0) is 0 Å². The van der Waals surface area contributed by atoms with Crippen molar-refractivity contribution < 1.29 is 0 Å². The van der Waals surface area contributed by atoms with E-state index in [1.807, 2.05) is 0 Å². The molecule has 0 aromatic carbocycles. The summed E-state index contributed by atoms with van der Waals surface area (Å²) in [6.07, 6.45) is 5.09. The summed E-state index contributed by atoms with van der Waals surface area (Å²) in [7, 11) is 0. The van der Waals surface area contributed by atoms with Crippen LogP contribution < -0.4 is 0 Å². The number of rotatable bonds is 0. The molecule has 8 heavy (non-hydrogen) atoms. The van der Waals surface area contributed by atoms with Gasteiger partial charge in [0.15, 0.2) is 0 Å². The summed E-state index contributed by atoms with van der Waals surface area (Å²) in [5.74, 6) is 2.45. The molecule has 0 bridgehead atoms. The van der Waals surface area contributed by atoms with E-state index in [9.17, 15) is 0 Å². The van der Waals surface area contributed by atoms with Crippen molar-refractivity contribution in [3.05, 3.63) is 11.9 Å². The van der Waals surface area contributed by atoms with Gasteiger partial charge in [0.25, 0.3) is 0 Å². The summed E-state index contributed by atoms with van der Waals surface area (Å²) in [6.45, 7) is 6.11. The van der Waals surface area contributed by atoms with E-state index in [1.165, 1.54) is 12.6 Å². The van der Waals surface area contributed by atoms with Gasteiger partial charge in [0.05, 0.1) is 0 Å². The van der Waals surface area contributed by atoms with E-state index in [1.54, 1.807) is 0 Å². The van der Waals surface area contributed by atoms with Gasteiger partial charge >= 0.3 is 51.1 Å². The molecule has 0 amide bonds. The third kappa shape index (κ3) is 1.32. The Morgan fingerprint density at radius 1 is 1.25 bits per heavy atom. The van der Waals surface area contributed by atoms with E-state index in [-0.39, 0.29) is 0 Å². The summed E-state index contributed by atoms with van der Waals surface area (Å²) >= 11 is 0. The average molecular weight is 130 g/mol. The summed E-state index contributed by atoms with van der Waals surface area (Å²) in [5, 5.41) is 0. The van der Waals surface area contributed by atoms with Crippen LogP contribution in [0.5, 0.6) is 0 Å². The third-order valence-electron chi connectivity index (χ3n) is 1.75. The summed E-state index contributed by atoms with van der Waals surface area (Å²) in [5.41, 5.74) is 0. The molecule has 1 aliphatic heterocycles. The first-order valence-corrected chi connectivity index (χ1v) is 6.99. The molecular formula is C7H15P. The predicted molar refractivity (Wildman–Crippen MR) is 43.3 cm³/mol. The van der Waals surface area contributed by atoms with Crippen molar-refractivity contribution in [3.8, 4) is 0 Å². The molecule has 0 N–H and O–H groups in total. The predicted octanol–water partition coefficient (Wildman–Crippen LogP) is 2.35. The van der Waals surface area contributed by atoms with Crippen LogP contribution in [0.25, 0.3) is 0 Å². The van der Waals surface area contributed by atoms with Crippen molar-refractivity contribution in [2.75, 3.05) is 26.2 Å². The second kappa shape index (κ2) is 1.36. The minimum absolute atomic E-state index is 1.17. The Labute approximate surface area is 51.9 Å². The first kappa shape index (κ1) is 6.29. The molecule has 0 atom stereocenters. The topological polar surface area (TPSA) is 0 Å². The van der Waals surface area contributed by atoms with Crippen molar-refractivity contribution in [1.29, 1.82) is 0 Å². The van der Waals surface area contributed by atoms with Gasteiger partial charge in [0.2, 0.25) is 0 Å². The second-order valence-electron chi connectivity index (χ2n) is 4.14. The van der Waals surface area contributed by atoms with Crippen LogP contribution in [0.1, 0.15) is 6.42 Å². The molecule has 0 spiro atoms. The Balaban J connectivity index is 2.83. The van der Waals surface area contributed by atoms with Crippen LogP contribution in [0, 0.1) is 0 Å². The molecule has 1 heteroatoms. The van der Waals surface area contributed by atoms with Gasteiger partial charge in [-0.15, -0.1) is 0 Å². The van der Waals surface area contributed by atoms with Gasteiger partial charge in [0.1, 0.15) is 0 Å². The Hall–Kier alpha value is 0.170. The average Bonchev–Trinajstić information content (AvgIpc) is 1.81. The zero-order valence-electron chi connectivity index (χ0n) is 6.02. The summed E-state index contributed by atoms with van der Waals surface area (Å²) < 4.78 is 0. The Morgan fingerprint density at radius 3 is 2.00 bits per heavy atom. The molecule has 0 saturated heterocycles. The fourth-order valence-electron chi connectivity index (χ4n) is 1.08. The Kier molecular flexibility index (Phi) is 1.07. The van der Waals surface area contributed by atoms with Crippen LogP contribution >= 0.6 is 6.60 Å². The van der Waals surface area contributed by atoms with E-state index in [2.05, 4.69) is 31.9 Å². The normalized spacial score (nSPS) is 36.1. The van der Waals surface area contributed by atoms with Crippen LogP contribution in [0.4, 0.5) is 0 Å². The van der Waals surface area contributed by atoms with Crippen LogP contribution in [-0.4, -0.2) is 26.2 Å². The Bertz CT molecular complexity index is 125. The number of hydrogen-bond acceptors (Lipinski definition) is 0. The summed E-state index contributed by atoms with van der Waals surface area (Å²) in [6, 6.07) is 0. The van der Waals surface area contributed by atoms with Crippen LogP contribution in [0.2, 0.25) is 0 Å². The van der Waals surface area contributed by atoms with E-state index in [0.29, 0.717) is 0 Å². The third-order valence-corrected chi connectivity index (χ3v) is 4.93. The van der Waals surface area contributed by atoms with Crippen LogP contribution in [0.15, 0.2) is 11.9 Å². The minimum atomic E-state index is -1.17. The molecule has 0 aromatic heterocycles. The maximum atomic E-state index is 2.45. The van der Waals surface area contributed by atoms with E-state index < -0.39 is 6.60 Å². The van der Waals surface area contributed by atoms with Gasteiger partial charge < -0.3 is 0 Å². The van der Waals surface area contributed by atoms with Crippen molar-refractivity contribution >= 4 is 6.60 Å². The van der Waals surface area contributed by atoms with Crippen molar-refractivity contribution in [3.63, 3.8) is 0 Å². The molecular weight excluding hydrogens is 115 g/mol. The van der Waals surface area contributed by atoms with Gasteiger partial charge in [-0.05, 0) is 0 Å². The molecule has 48 valence electrons. The number of hydrogen-bond donors (Lipinski definition) is 0. The molecule has 1 aliphatic rings. The Morgan fingerprint density at radius 2 is 1.88 bits per heavy atom. The van der Waals surface area contributed by atoms with E-state index >= 15 is 0 Å². The van der Waals surface area contributed by atoms with Crippen molar-refractivity contribution in [1.82, 2.24) is 0 Å². The standard InChI is InChI=1S/C7H15P/c1-8(2,3)6-4-5-7-8/h4,6H,5,7H2,1-3H3. The zero-order valence-corrected chi connectivity index (χ0v) is 6.91.